The van der Waals surface area contributed by atoms with Crippen LogP contribution < -0.4 is 15.1 Å². The Balaban J connectivity index is 1.52. The summed E-state index contributed by atoms with van der Waals surface area (Å²) < 4.78 is 25.7. The van der Waals surface area contributed by atoms with Crippen molar-refractivity contribution in [1.82, 2.24) is 0 Å². The van der Waals surface area contributed by atoms with E-state index >= 15 is 0 Å². The molecule has 6 nitrogen and oxygen atoms in total. The summed E-state index contributed by atoms with van der Waals surface area (Å²) in [6, 6.07) is 28.6. The highest BCUT2D eigenvalue weighted by molar-refractivity contribution is 6.99. The van der Waals surface area contributed by atoms with Gasteiger partial charge in [-0.2, -0.15) is 0 Å². The number of esters is 2. The molecule has 7 heteroatoms. The number of rotatable bonds is 46. The molecule has 0 aliphatic carbocycles. The van der Waals surface area contributed by atoms with E-state index in [4.69, 9.17) is 18.6 Å². The zero-order valence-corrected chi connectivity index (χ0v) is 48.9. The third-order valence-electron chi connectivity index (χ3n) is 14.9. The fourth-order valence-corrected chi connectivity index (χ4v) is 15.0. The highest BCUT2D eigenvalue weighted by atomic mass is 28.4. The van der Waals surface area contributed by atoms with Crippen LogP contribution in [0.4, 0.5) is 0 Å². The van der Waals surface area contributed by atoms with E-state index in [1.807, 2.05) is 0 Å². The lowest BCUT2D eigenvalue weighted by atomic mass is 10.0. The van der Waals surface area contributed by atoms with Crippen molar-refractivity contribution in [3.05, 3.63) is 90.0 Å². The molecule has 412 valence electrons. The standard InChI is InChI=1S/C66H108O6Si/c1-7-10-13-16-21-28-42-55-70-64(67)50-39-26-20-19-23-32-43-58-52-53-63(59(56-58)57-71-73(66(4,5)6,61-46-35-30-36-47-61)62-48-37-31-38-49-62)69-54-41-29-22-27-40-51-65(68)72-60(44-33-24-17-14-11-8-2)45-34-25-18-15-12-9-3/h30-31,35-38,46-49,52-53,56,60H,7-29,32-34,39-45,50-51,54-55,57H2,1-6H3. The first-order valence-electron chi connectivity index (χ1n) is 30.5. The van der Waals surface area contributed by atoms with Crippen LogP contribution in [0.15, 0.2) is 78.9 Å². The highest BCUT2D eigenvalue weighted by Gasteiger charge is 2.50. The first kappa shape index (κ1) is 63.9. The Morgan fingerprint density at radius 2 is 0.918 bits per heavy atom. The highest BCUT2D eigenvalue weighted by Crippen LogP contribution is 2.38. The van der Waals surface area contributed by atoms with Gasteiger partial charge < -0.3 is 18.6 Å². The zero-order valence-electron chi connectivity index (χ0n) is 47.9. The minimum atomic E-state index is -2.76. The van der Waals surface area contributed by atoms with Gasteiger partial charge in [0, 0.05) is 18.4 Å². The predicted octanol–water partition coefficient (Wildman–Crippen LogP) is 18.5. The topological polar surface area (TPSA) is 71.1 Å². The molecule has 0 unspecified atom stereocenters. The van der Waals surface area contributed by atoms with Gasteiger partial charge in [0.2, 0.25) is 0 Å². The van der Waals surface area contributed by atoms with Gasteiger partial charge in [-0.25, -0.2) is 0 Å². The monoisotopic (exact) mass is 1020 g/mol. The van der Waals surface area contributed by atoms with Crippen molar-refractivity contribution in [1.29, 1.82) is 0 Å². The van der Waals surface area contributed by atoms with Crippen molar-refractivity contribution >= 4 is 30.6 Å². The van der Waals surface area contributed by atoms with E-state index in [1.54, 1.807) is 0 Å². The van der Waals surface area contributed by atoms with Crippen LogP contribution in [-0.4, -0.2) is 39.6 Å². The van der Waals surface area contributed by atoms with E-state index in [0.717, 1.165) is 101 Å². The summed E-state index contributed by atoms with van der Waals surface area (Å²) >= 11 is 0. The molecule has 0 saturated carbocycles. The average Bonchev–Trinajstić information content (AvgIpc) is 3.39. The van der Waals surface area contributed by atoms with Crippen molar-refractivity contribution in [2.75, 3.05) is 13.2 Å². The second-order valence-electron chi connectivity index (χ2n) is 22.4. The van der Waals surface area contributed by atoms with Crippen molar-refractivity contribution < 1.29 is 28.2 Å². The van der Waals surface area contributed by atoms with Gasteiger partial charge in [-0.05, 0) is 97.3 Å². The maximum Gasteiger partial charge on any atom is 0.306 e. The Kier molecular flexibility index (Phi) is 35.7. The largest absolute Gasteiger partial charge is 0.493 e. The van der Waals surface area contributed by atoms with Gasteiger partial charge >= 0.3 is 11.9 Å². The minimum Gasteiger partial charge on any atom is -0.493 e. The molecule has 0 N–H and O–H groups in total. The minimum absolute atomic E-state index is 0.00115. The Morgan fingerprint density at radius 1 is 0.479 bits per heavy atom. The van der Waals surface area contributed by atoms with Gasteiger partial charge in [-0.3, -0.25) is 9.59 Å². The van der Waals surface area contributed by atoms with E-state index in [9.17, 15) is 9.59 Å². The number of carbonyl (C=O) groups is 2. The summed E-state index contributed by atoms with van der Waals surface area (Å²) in [4.78, 5) is 25.3. The molecule has 3 aromatic carbocycles. The first-order valence-corrected chi connectivity index (χ1v) is 32.4. The summed E-state index contributed by atoms with van der Waals surface area (Å²) in [5.41, 5.74) is 2.45. The summed E-state index contributed by atoms with van der Waals surface area (Å²) in [5, 5.41) is 2.44. The van der Waals surface area contributed by atoms with Crippen LogP contribution in [0, 0.1) is 0 Å². The maximum absolute atomic E-state index is 13.0. The zero-order chi connectivity index (χ0) is 52.5. The number of aryl methyl sites for hydroxylation is 1. The molecule has 0 fully saturated rings. The molecule has 3 aromatic rings. The van der Waals surface area contributed by atoms with Crippen molar-refractivity contribution in [3.63, 3.8) is 0 Å². The molecule has 0 saturated heterocycles. The lowest BCUT2D eigenvalue weighted by Gasteiger charge is -2.43. The van der Waals surface area contributed by atoms with E-state index in [-0.39, 0.29) is 23.1 Å². The van der Waals surface area contributed by atoms with E-state index in [2.05, 4.69) is 120 Å². The van der Waals surface area contributed by atoms with Gasteiger partial charge in [0.05, 0.1) is 19.8 Å². The SMILES string of the molecule is CCCCCCCCCOC(=O)CCCCCCCCc1ccc(OCCCCCCCC(=O)OC(CCCCCCCC)CCCCCCCC)c(CO[Si](c2ccccc2)(c2ccccc2)C(C)(C)C)c1. The number of ether oxygens (including phenoxy) is 3. The van der Waals surface area contributed by atoms with E-state index in [0.29, 0.717) is 32.7 Å². The molecule has 0 spiro atoms. The van der Waals surface area contributed by atoms with Gasteiger partial charge in [-0.15, -0.1) is 0 Å². The summed E-state index contributed by atoms with van der Waals surface area (Å²) in [6.07, 6.45) is 39.8. The van der Waals surface area contributed by atoms with Crippen molar-refractivity contribution in [2.24, 2.45) is 0 Å². The molecule has 3 rings (SSSR count). The van der Waals surface area contributed by atoms with Crippen molar-refractivity contribution in [2.45, 2.75) is 284 Å². The van der Waals surface area contributed by atoms with Crippen LogP contribution in [-0.2, 0) is 36.5 Å². The van der Waals surface area contributed by atoms with Crippen LogP contribution in [0.1, 0.15) is 271 Å². The molecular formula is C66H108O6Si. The van der Waals surface area contributed by atoms with Crippen molar-refractivity contribution in [3.8, 4) is 5.75 Å². The molecule has 0 amide bonds. The third kappa shape index (κ3) is 27.8. The van der Waals surface area contributed by atoms with Gasteiger partial charge in [-0.1, -0.05) is 256 Å². The number of unbranched alkanes of at least 4 members (excludes halogenated alkanes) is 25. The molecule has 0 radical (unpaired) electrons. The molecule has 0 atom stereocenters. The summed E-state index contributed by atoms with van der Waals surface area (Å²) in [5.74, 6) is 0.891. The van der Waals surface area contributed by atoms with Crippen LogP contribution in [0.25, 0.3) is 0 Å². The lowest BCUT2D eigenvalue weighted by Crippen LogP contribution is -2.66. The Hall–Kier alpha value is -3.42. The number of benzene rings is 3. The van der Waals surface area contributed by atoms with Crippen LogP contribution in [0.5, 0.6) is 5.75 Å². The maximum atomic E-state index is 13.0. The number of hydrogen-bond acceptors (Lipinski definition) is 6. The normalized spacial score (nSPS) is 11.9. The second-order valence-corrected chi connectivity index (χ2v) is 26.8. The smallest absolute Gasteiger partial charge is 0.306 e. The van der Waals surface area contributed by atoms with Gasteiger partial charge in [0.15, 0.2) is 0 Å². The molecular weight excluding hydrogens is 917 g/mol. The first-order chi connectivity index (χ1) is 35.6. The van der Waals surface area contributed by atoms with Gasteiger partial charge in [0.1, 0.15) is 11.9 Å². The summed E-state index contributed by atoms with van der Waals surface area (Å²) in [7, 11) is -2.76. The summed E-state index contributed by atoms with van der Waals surface area (Å²) in [6.45, 7) is 15.5. The third-order valence-corrected chi connectivity index (χ3v) is 19.9. The van der Waals surface area contributed by atoms with Crippen LogP contribution >= 0.6 is 0 Å². The number of hydrogen-bond donors (Lipinski definition) is 0. The molecule has 0 aliphatic rings. The Morgan fingerprint density at radius 3 is 1.42 bits per heavy atom. The van der Waals surface area contributed by atoms with E-state index in [1.165, 1.54) is 138 Å². The lowest BCUT2D eigenvalue weighted by molar-refractivity contribution is -0.150. The van der Waals surface area contributed by atoms with E-state index < -0.39 is 8.32 Å². The molecule has 0 aliphatic heterocycles. The van der Waals surface area contributed by atoms with Crippen LogP contribution in [0.2, 0.25) is 5.04 Å². The van der Waals surface area contributed by atoms with Gasteiger partial charge in [0.25, 0.3) is 8.32 Å². The predicted molar refractivity (Wildman–Crippen MR) is 313 cm³/mol. The fourth-order valence-electron chi connectivity index (χ4n) is 10.5. The van der Waals surface area contributed by atoms with Crippen LogP contribution in [0.3, 0.4) is 0 Å². The molecule has 0 bridgehead atoms. The molecule has 0 heterocycles. The number of carbonyl (C=O) groups excluding carboxylic acids is 2. The Labute approximate surface area is 449 Å². The fraction of sp³-hybridized carbons (Fsp3) is 0.697. The average molecular weight is 1030 g/mol. The molecule has 0 aromatic heterocycles. The second kappa shape index (κ2) is 40.8. The quantitative estimate of drug-likeness (QED) is 0.0319. The Bertz CT molecular complexity index is 1730. The molecule has 73 heavy (non-hydrogen) atoms.